The van der Waals surface area contributed by atoms with Crippen LogP contribution in [-0.4, -0.2) is 16.9 Å². The molecular weight excluding hydrogens is 341 g/mol. The van der Waals surface area contributed by atoms with Gasteiger partial charge in [0.05, 0.1) is 11.1 Å². The second-order valence-electron chi connectivity index (χ2n) is 5.69. The number of halogens is 4. The van der Waals surface area contributed by atoms with Crippen LogP contribution < -0.4 is 5.32 Å². The normalized spacial score (nSPS) is 20.3. The van der Waals surface area contributed by atoms with Gasteiger partial charge >= 0.3 is 6.18 Å². The number of pyridine rings is 1. The summed E-state index contributed by atoms with van der Waals surface area (Å²) < 4.78 is 39.5. The van der Waals surface area contributed by atoms with Crippen molar-refractivity contribution in [1.82, 2.24) is 10.3 Å². The number of nitrogens with zero attached hydrogens (tertiary/aromatic N) is 1. The number of rotatable bonds is 3. The van der Waals surface area contributed by atoms with E-state index in [-0.39, 0.29) is 28.2 Å². The standard InChI is InChI=1S/C17H14ClF3N2O/c18-15-12(5-3-9-22-15)16(24)23-14-8-7-11(14)10-4-1-2-6-13(10)17(19,20)21/h1-6,9,11,14H,7-8H2,(H,23,24)/t11-,14+/m0/s1. The summed E-state index contributed by atoms with van der Waals surface area (Å²) in [6.45, 7) is 0. The van der Waals surface area contributed by atoms with Gasteiger partial charge in [0.1, 0.15) is 5.15 Å². The highest BCUT2D eigenvalue weighted by molar-refractivity contribution is 6.32. The van der Waals surface area contributed by atoms with Gasteiger partial charge in [0, 0.05) is 18.2 Å². The third kappa shape index (κ3) is 3.24. The third-order valence-corrected chi connectivity index (χ3v) is 4.56. The fourth-order valence-electron chi connectivity index (χ4n) is 2.93. The van der Waals surface area contributed by atoms with Crippen molar-refractivity contribution in [2.24, 2.45) is 0 Å². The fraction of sp³-hybridized carbons (Fsp3) is 0.294. The Morgan fingerprint density at radius 2 is 1.92 bits per heavy atom. The van der Waals surface area contributed by atoms with E-state index in [1.807, 2.05) is 0 Å². The van der Waals surface area contributed by atoms with Crippen molar-refractivity contribution in [3.63, 3.8) is 0 Å². The highest BCUT2D eigenvalue weighted by Gasteiger charge is 2.40. The Balaban J connectivity index is 1.79. The molecule has 1 saturated carbocycles. The maximum absolute atomic E-state index is 13.2. The molecule has 126 valence electrons. The first-order valence-electron chi connectivity index (χ1n) is 7.45. The molecule has 1 fully saturated rings. The van der Waals surface area contributed by atoms with Crippen LogP contribution >= 0.6 is 11.6 Å². The van der Waals surface area contributed by atoms with Crippen LogP contribution in [0.2, 0.25) is 5.15 Å². The van der Waals surface area contributed by atoms with E-state index in [0.717, 1.165) is 6.07 Å². The van der Waals surface area contributed by atoms with Crippen molar-refractivity contribution < 1.29 is 18.0 Å². The molecule has 1 aliphatic carbocycles. The molecule has 0 spiro atoms. The number of nitrogens with one attached hydrogen (secondary N) is 1. The number of hydrogen-bond donors (Lipinski definition) is 1. The van der Waals surface area contributed by atoms with Crippen LogP contribution in [0.3, 0.4) is 0 Å². The molecule has 1 aromatic heterocycles. The lowest BCUT2D eigenvalue weighted by atomic mass is 9.73. The molecule has 1 N–H and O–H groups in total. The van der Waals surface area contributed by atoms with Crippen molar-refractivity contribution in [2.45, 2.75) is 31.0 Å². The van der Waals surface area contributed by atoms with Crippen molar-refractivity contribution in [2.75, 3.05) is 0 Å². The Morgan fingerprint density at radius 1 is 1.17 bits per heavy atom. The first-order chi connectivity index (χ1) is 11.4. The predicted octanol–water partition coefficient (Wildman–Crippen LogP) is 4.43. The molecule has 0 aliphatic heterocycles. The fourth-order valence-corrected chi connectivity index (χ4v) is 3.13. The van der Waals surface area contributed by atoms with Gasteiger partial charge in [-0.2, -0.15) is 13.2 Å². The number of alkyl halides is 3. The zero-order chi connectivity index (χ0) is 17.3. The van der Waals surface area contributed by atoms with E-state index in [9.17, 15) is 18.0 Å². The van der Waals surface area contributed by atoms with Crippen LogP contribution in [0, 0.1) is 0 Å². The monoisotopic (exact) mass is 354 g/mol. The molecule has 0 unspecified atom stereocenters. The molecule has 2 atom stereocenters. The topological polar surface area (TPSA) is 42.0 Å². The van der Waals surface area contributed by atoms with Crippen LogP contribution in [0.25, 0.3) is 0 Å². The van der Waals surface area contributed by atoms with Gasteiger partial charge in [-0.05, 0) is 36.6 Å². The molecule has 2 aromatic rings. The zero-order valence-corrected chi connectivity index (χ0v) is 13.2. The summed E-state index contributed by atoms with van der Waals surface area (Å²) in [7, 11) is 0. The second-order valence-corrected chi connectivity index (χ2v) is 6.05. The summed E-state index contributed by atoms with van der Waals surface area (Å²) in [5.41, 5.74) is -0.207. The Labute approximate surface area is 141 Å². The highest BCUT2D eigenvalue weighted by atomic mass is 35.5. The Kier molecular flexibility index (Phi) is 4.49. The lowest BCUT2D eigenvalue weighted by Gasteiger charge is -2.38. The Hall–Kier alpha value is -2.08. The molecule has 1 aliphatic rings. The molecule has 0 radical (unpaired) electrons. The number of aromatic nitrogens is 1. The van der Waals surface area contributed by atoms with E-state index in [0.29, 0.717) is 12.8 Å². The van der Waals surface area contributed by atoms with Gasteiger partial charge in [0.25, 0.3) is 5.91 Å². The number of amides is 1. The largest absolute Gasteiger partial charge is 0.416 e. The molecule has 3 nitrogen and oxygen atoms in total. The minimum Gasteiger partial charge on any atom is -0.349 e. The van der Waals surface area contributed by atoms with Gasteiger partial charge in [-0.3, -0.25) is 4.79 Å². The maximum Gasteiger partial charge on any atom is 0.416 e. The second kappa shape index (κ2) is 6.43. The van der Waals surface area contributed by atoms with Crippen LogP contribution in [0.1, 0.15) is 40.2 Å². The number of benzene rings is 1. The van der Waals surface area contributed by atoms with E-state index < -0.39 is 17.6 Å². The molecule has 7 heteroatoms. The van der Waals surface area contributed by atoms with E-state index >= 15 is 0 Å². The number of carbonyl (C=O) groups excluding carboxylic acids is 1. The van der Waals surface area contributed by atoms with Gasteiger partial charge in [-0.1, -0.05) is 29.8 Å². The van der Waals surface area contributed by atoms with E-state index in [2.05, 4.69) is 10.3 Å². The summed E-state index contributed by atoms with van der Waals surface area (Å²) in [5.74, 6) is -0.783. The molecule has 1 amide bonds. The van der Waals surface area contributed by atoms with Gasteiger partial charge in [-0.15, -0.1) is 0 Å². The smallest absolute Gasteiger partial charge is 0.349 e. The lowest BCUT2D eigenvalue weighted by molar-refractivity contribution is -0.138. The Bertz CT molecular complexity index is 763. The molecular formula is C17H14ClF3N2O. The summed E-state index contributed by atoms with van der Waals surface area (Å²) >= 11 is 5.88. The minimum atomic E-state index is -4.41. The molecule has 1 aromatic carbocycles. The van der Waals surface area contributed by atoms with E-state index in [4.69, 9.17) is 11.6 Å². The summed E-state index contributed by atoms with van der Waals surface area (Å²) in [6.07, 6.45) is -1.72. The number of carbonyl (C=O) groups is 1. The van der Waals surface area contributed by atoms with Crippen molar-refractivity contribution in [3.8, 4) is 0 Å². The number of hydrogen-bond acceptors (Lipinski definition) is 2. The van der Waals surface area contributed by atoms with Gasteiger partial charge in [-0.25, -0.2) is 4.98 Å². The van der Waals surface area contributed by atoms with Crippen LogP contribution in [-0.2, 0) is 6.18 Å². The molecule has 24 heavy (non-hydrogen) atoms. The first-order valence-corrected chi connectivity index (χ1v) is 7.83. The molecule has 3 rings (SSSR count). The van der Waals surface area contributed by atoms with Crippen LogP contribution in [0.15, 0.2) is 42.6 Å². The zero-order valence-electron chi connectivity index (χ0n) is 12.5. The summed E-state index contributed by atoms with van der Waals surface area (Å²) in [4.78, 5) is 16.1. The van der Waals surface area contributed by atoms with E-state index in [1.165, 1.54) is 24.4 Å². The van der Waals surface area contributed by atoms with Crippen LogP contribution in [0.4, 0.5) is 13.2 Å². The SMILES string of the molecule is O=C(N[C@@H]1CC[C@H]1c1ccccc1C(F)(F)F)c1cccnc1Cl. The third-order valence-electron chi connectivity index (χ3n) is 4.26. The van der Waals surface area contributed by atoms with Gasteiger partial charge in [0.2, 0.25) is 0 Å². The average Bonchev–Trinajstić information content (AvgIpc) is 2.51. The van der Waals surface area contributed by atoms with Gasteiger partial charge < -0.3 is 5.32 Å². The minimum absolute atomic E-state index is 0.0709. The predicted molar refractivity (Wildman–Crippen MR) is 83.9 cm³/mol. The summed E-state index contributed by atoms with van der Waals surface area (Å²) in [5, 5.41) is 2.84. The van der Waals surface area contributed by atoms with Crippen molar-refractivity contribution >= 4 is 17.5 Å². The molecule has 0 bridgehead atoms. The maximum atomic E-state index is 13.2. The molecule has 0 saturated heterocycles. The lowest BCUT2D eigenvalue weighted by Crippen LogP contribution is -2.46. The average molecular weight is 355 g/mol. The summed E-state index contributed by atoms with van der Waals surface area (Å²) in [6, 6.07) is 8.26. The quantitative estimate of drug-likeness (QED) is 0.828. The Morgan fingerprint density at radius 3 is 2.54 bits per heavy atom. The van der Waals surface area contributed by atoms with Gasteiger partial charge in [0.15, 0.2) is 0 Å². The molecule has 1 heterocycles. The highest BCUT2D eigenvalue weighted by Crippen LogP contribution is 2.43. The first kappa shape index (κ1) is 16.8. The van der Waals surface area contributed by atoms with Crippen LogP contribution in [0.5, 0.6) is 0 Å². The van der Waals surface area contributed by atoms with Crippen molar-refractivity contribution in [1.29, 1.82) is 0 Å². The van der Waals surface area contributed by atoms with Crippen molar-refractivity contribution in [3.05, 3.63) is 64.4 Å². The van der Waals surface area contributed by atoms with E-state index in [1.54, 1.807) is 12.1 Å².